The van der Waals surface area contributed by atoms with Gasteiger partial charge in [-0.15, -0.1) is 0 Å². The first-order valence-electron chi connectivity index (χ1n) is 12.1. The van der Waals surface area contributed by atoms with Gasteiger partial charge in [0.1, 0.15) is 5.54 Å². The third kappa shape index (κ3) is 5.23. The molecule has 0 bridgehead atoms. The number of nitrogens with one attached hydrogen (secondary N) is 2. The van der Waals surface area contributed by atoms with Crippen LogP contribution >= 0.6 is 0 Å². The highest BCUT2D eigenvalue weighted by Gasteiger charge is 2.43. The van der Waals surface area contributed by atoms with Crippen LogP contribution in [-0.2, 0) is 9.59 Å². The predicted molar refractivity (Wildman–Crippen MR) is 130 cm³/mol. The largest absolute Gasteiger partial charge is 0.459 e. The molecule has 9 nitrogen and oxygen atoms in total. The van der Waals surface area contributed by atoms with Crippen molar-refractivity contribution < 1.29 is 23.6 Å². The SMILES string of the molecule is CN(C)C(=O)c1ccccc1N1CCC(NC(=O)C2(NC(=O)c3ccco3)CCCCC2)C(=O)C1. The molecule has 0 spiro atoms. The van der Waals surface area contributed by atoms with Crippen LogP contribution in [0.15, 0.2) is 47.1 Å². The van der Waals surface area contributed by atoms with E-state index in [1.54, 1.807) is 38.4 Å². The van der Waals surface area contributed by atoms with Crippen LogP contribution in [0.2, 0.25) is 0 Å². The minimum Gasteiger partial charge on any atom is -0.459 e. The minimum absolute atomic E-state index is 0.0917. The molecule has 35 heavy (non-hydrogen) atoms. The average Bonchev–Trinajstić information content (AvgIpc) is 3.40. The van der Waals surface area contributed by atoms with Gasteiger partial charge in [0.25, 0.3) is 11.8 Å². The smallest absolute Gasteiger partial charge is 0.287 e. The molecular weight excluding hydrogens is 448 g/mol. The number of rotatable bonds is 6. The van der Waals surface area contributed by atoms with Crippen LogP contribution in [0.3, 0.4) is 0 Å². The van der Waals surface area contributed by atoms with E-state index in [9.17, 15) is 19.2 Å². The second-order valence-corrected chi connectivity index (χ2v) is 9.49. The van der Waals surface area contributed by atoms with Gasteiger partial charge in [0, 0.05) is 26.3 Å². The fraction of sp³-hybridized carbons (Fsp3) is 0.462. The van der Waals surface area contributed by atoms with Crippen molar-refractivity contribution in [1.29, 1.82) is 0 Å². The van der Waals surface area contributed by atoms with E-state index in [0.29, 0.717) is 37.1 Å². The van der Waals surface area contributed by atoms with E-state index < -0.39 is 17.5 Å². The molecule has 1 aliphatic carbocycles. The fourth-order valence-electron chi connectivity index (χ4n) is 4.90. The maximum Gasteiger partial charge on any atom is 0.287 e. The van der Waals surface area contributed by atoms with Gasteiger partial charge < -0.3 is 24.9 Å². The van der Waals surface area contributed by atoms with Gasteiger partial charge in [-0.25, -0.2) is 0 Å². The highest BCUT2D eigenvalue weighted by Crippen LogP contribution is 2.30. The van der Waals surface area contributed by atoms with E-state index in [0.717, 1.165) is 19.3 Å². The molecule has 1 saturated carbocycles. The molecule has 1 unspecified atom stereocenters. The molecule has 1 aromatic heterocycles. The number of amides is 3. The number of furan rings is 1. The summed E-state index contributed by atoms with van der Waals surface area (Å²) in [6, 6.07) is 9.77. The van der Waals surface area contributed by atoms with Crippen LogP contribution in [0.1, 0.15) is 59.4 Å². The summed E-state index contributed by atoms with van der Waals surface area (Å²) in [4.78, 5) is 55.2. The lowest BCUT2D eigenvalue weighted by Gasteiger charge is -2.39. The van der Waals surface area contributed by atoms with E-state index in [1.807, 2.05) is 17.0 Å². The van der Waals surface area contributed by atoms with Gasteiger partial charge in [-0.3, -0.25) is 19.2 Å². The van der Waals surface area contributed by atoms with Crippen LogP contribution in [0.4, 0.5) is 5.69 Å². The summed E-state index contributed by atoms with van der Waals surface area (Å²) in [7, 11) is 3.38. The minimum atomic E-state index is -1.07. The molecule has 4 rings (SSSR count). The Morgan fingerprint density at radius 2 is 1.80 bits per heavy atom. The van der Waals surface area contributed by atoms with E-state index in [1.165, 1.54) is 11.2 Å². The van der Waals surface area contributed by atoms with Crippen molar-refractivity contribution >= 4 is 29.2 Å². The number of hydrogen-bond donors (Lipinski definition) is 2. The Balaban J connectivity index is 1.45. The Morgan fingerprint density at radius 1 is 1.06 bits per heavy atom. The standard InChI is InChI=1S/C26H32N4O5/c1-29(2)24(33)18-9-4-5-10-20(18)30-15-12-19(21(31)17-30)27-25(34)26(13-6-3-7-14-26)28-23(32)22-11-8-16-35-22/h4-5,8-11,16,19H,3,6-7,12-15,17H2,1-2H3,(H,27,34)(H,28,32). The number of benzene rings is 1. The quantitative estimate of drug-likeness (QED) is 0.657. The number of nitrogens with zero attached hydrogens (tertiary/aromatic N) is 2. The highest BCUT2D eigenvalue weighted by molar-refractivity contribution is 6.02. The molecule has 2 N–H and O–H groups in total. The van der Waals surface area contributed by atoms with Gasteiger partial charge in [0.2, 0.25) is 5.91 Å². The number of piperidine rings is 1. The zero-order valence-corrected chi connectivity index (χ0v) is 20.2. The number of Topliss-reactive ketones (excluding diaryl/α,β-unsaturated/α-hetero) is 1. The molecule has 1 aromatic carbocycles. The zero-order valence-electron chi connectivity index (χ0n) is 20.2. The van der Waals surface area contributed by atoms with Crippen molar-refractivity contribution in [2.45, 2.75) is 50.1 Å². The number of carbonyl (C=O) groups is 4. The van der Waals surface area contributed by atoms with Crippen molar-refractivity contribution in [3.63, 3.8) is 0 Å². The Kier molecular flexibility index (Phi) is 7.23. The van der Waals surface area contributed by atoms with Crippen LogP contribution < -0.4 is 15.5 Å². The van der Waals surface area contributed by atoms with E-state index in [-0.39, 0.29) is 29.9 Å². The molecule has 1 atom stereocenters. The molecule has 186 valence electrons. The van der Waals surface area contributed by atoms with Gasteiger partial charge in [0.15, 0.2) is 11.5 Å². The second-order valence-electron chi connectivity index (χ2n) is 9.49. The highest BCUT2D eigenvalue weighted by atomic mass is 16.3. The molecule has 2 aromatic rings. The maximum atomic E-state index is 13.4. The summed E-state index contributed by atoms with van der Waals surface area (Å²) in [5.74, 6) is -0.865. The zero-order chi connectivity index (χ0) is 25.0. The molecule has 2 fully saturated rings. The molecule has 2 aliphatic rings. The lowest BCUT2D eigenvalue weighted by molar-refractivity contribution is -0.133. The van der Waals surface area contributed by atoms with Crippen molar-refractivity contribution in [2.75, 3.05) is 32.1 Å². The average molecular weight is 481 g/mol. The van der Waals surface area contributed by atoms with Crippen LogP contribution in [0, 0.1) is 0 Å². The number of hydrogen-bond acceptors (Lipinski definition) is 6. The van der Waals surface area contributed by atoms with Gasteiger partial charge in [-0.1, -0.05) is 31.4 Å². The summed E-state index contributed by atoms with van der Waals surface area (Å²) < 4.78 is 5.19. The topological polar surface area (TPSA) is 112 Å². The Hall–Kier alpha value is -3.62. The van der Waals surface area contributed by atoms with Crippen molar-refractivity contribution in [3.05, 3.63) is 54.0 Å². The summed E-state index contributed by atoms with van der Waals surface area (Å²) in [5.41, 5.74) is 0.179. The van der Waals surface area contributed by atoms with Crippen molar-refractivity contribution in [2.24, 2.45) is 0 Å². The van der Waals surface area contributed by atoms with Gasteiger partial charge in [0.05, 0.1) is 24.4 Å². The van der Waals surface area contributed by atoms with Crippen LogP contribution in [0.25, 0.3) is 0 Å². The monoisotopic (exact) mass is 480 g/mol. The van der Waals surface area contributed by atoms with Crippen LogP contribution in [-0.4, -0.2) is 67.2 Å². The normalized spacial score (nSPS) is 19.7. The lowest BCUT2D eigenvalue weighted by Crippen LogP contribution is -2.63. The Morgan fingerprint density at radius 3 is 2.46 bits per heavy atom. The number of para-hydroxylation sites is 1. The lowest BCUT2D eigenvalue weighted by atomic mass is 9.80. The molecule has 2 heterocycles. The van der Waals surface area contributed by atoms with Gasteiger partial charge in [-0.2, -0.15) is 0 Å². The van der Waals surface area contributed by atoms with Gasteiger partial charge >= 0.3 is 0 Å². The predicted octanol–water partition coefficient (Wildman–Crippen LogP) is 2.38. The Labute approximate surface area is 204 Å². The molecule has 3 amide bonds. The first-order valence-corrected chi connectivity index (χ1v) is 12.1. The molecular formula is C26H32N4O5. The number of ketones is 1. The third-order valence-electron chi connectivity index (χ3n) is 6.85. The fourth-order valence-corrected chi connectivity index (χ4v) is 4.90. The molecule has 9 heteroatoms. The number of carbonyl (C=O) groups excluding carboxylic acids is 4. The molecule has 1 saturated heterocycles. The first-order chi connectivity index (χ1) is 16.8. The Bertz CT molecular complexity index is 1090. The third-order valence-corrected chi connectivity index (χ3v) is 6.85. The number of anilines is 1. The van der Waals surface area contributed by atoms with Crippen LogP contribution in [0.5, 0.6) is 0 Å². The summed E-state index contributed by atoms with van der Waals surface area (Å²) in [6.07, 6.45) is 5.48. The molecule has 0 radical (unpaired) electrons. The summed E-state index contributed by atoms with van der Waals surface area (Å²) in [6.45, 7) is 0.606. The van der Waals surface area contributed by atoms with E-state index in [2.05, 4.69) is 10.6 Å². The molecule has 1 aliphatic heterocycles. The first kappa shape index (κ1) is 24.5. The van der Waals surface area contributed by atoms with Crippen molar-refractivity contribution in [1.82, 2.24) is 15.5 Å². The van der Waals surface area contributed by atoms with E-state index >= 15 is 0 Å². The summed E-state index contributed by atoms with van der Waals surface area (Å²) >= 11 is 0. The van der Waals surface area contributed by atoms with E-state index in [4.69, 9.17) is 4.42 Å². The summed E-state index contributed by atoms with van der Waals surface area (Å²) in [5, 5.41) is 5.82. The van der Waals surface area contributed by atoms with Gasteiger partial charge in [-0.05, 0) is 43.5 Å². The maximum absolute atomic E-state index is 13.4. The second kappa shape index (κ2) is 10.3. The van der Waals surface area contributed by atoms with Crippen molar-refractivity contribution in [3.8, 4) is 0 Å².